The van der Waals surface area contributed by atoms with Gasteiger partial charge in [-0.05, 0) is 32.1 Å². The van der Waals surface area contributed by atoms with Crippen molar-refractivity contribution in [2.45, 2.75) is 6.42 Å². The molecule has 1 aliphatic heterocycles. The van der Waals surface area contributed by atoms with Crippen molar-refractivity contribution in [3.05, 3.63) is 17.7 Å². The Morgan fingerprint density at radius 2 is 1.93 bits per heavy atom. The number of ether oxygens (including phenoxy) is 2. The van der Waals surface area contributed by atoms with Crippen LogP contribution in [-0.4, -0.2) is 32.3 Å². The Balaban J connectivity index is 2.17. The summed E-state index contributed by atoms with van der Waals surface area (Å²) in [5.74, 6) is 1.55. The fourth-order valence-corrected chi connectivity index (χ4v) is 1.56. The lowest BCUT2D eigenvalue weighted by Crippen LogP contribution is -2.15. The first-order chi connectivity index (χ1) is 7.16. The Hall–Kier alpha value is -1.42. The van der Waals surface area contributed by atoms with Crippen molar-refractivity contribution in [3.63, 3.8) is 0 Å². The molecule has 2 N–H and O–H groups in total. The van der Waals surface area contributed by atoms with Crippen LogP contribution in [0.4, 0.5) is 5.69 Å². The Bertz CT molecular complexity index is 364. The number of hydrogen-bond donors (Lipinski definition) is 1. The van der Waals surface area contributed by atoms with Crippen molar-refractivity contribution in [2.75, 3.05) is 33.2 Å². The third kappa shape index (κ3) is 2.15. The average molecular weight is 208 g/mol. The molecule has 82 valence electrons. The van der Waals surface area contributed by atoms with Gasteiger partial charge < -0.3 is 20.1 Å². The van der Waals surface area contributed by atoms with Gasteiger partial charge in [-0.2, -0.15) is 0 Å². The van der Waals surface area contributed by atoms with Gasteiger partial charge in [0.2, 0.25) is 6.79 Å². The molecule has 0 saturated carbocycles. The summed E-state index contributed by atoms with van der Waals surface area (Å²) in [4.78, 5) is 2.13. The van der Waals surface area contributed by atoms with Gasteiger partial charge in [0.05, 0.1) is 0 Å². The van der Waals surface area contributed by atoms with Crippen molar-refractivity contribution in [2.24, 2.45) is 0 Å². The van der Waals surface area contributed by atoms with Crippen LogP contribution in [-0.2, 0) is 6.42 Å². The monoisotopic (exact) mass is 208 g/mol. The largest absolute Gasteiger partial charge is 0.454 e. The molecule has 2 rings (SSSR count). The van der Waals surface area contributed by atoms with Crippen LogP contribution in [0.2, 0.25) is 0 Å². The predicted molar refractivity (Wildman–Crippen MR) is 59.2 cm³/mol. The zero-order valence-electron chi connectivity index (χ0n) is 9.12. The number of nitrogen functional groups attached to an aromatic ring is 1. The summed E-state index contributed by atoms with van der Waals surface area (Å²) in [5, 5.41) is 0. The van der Waals surface area contributed by atoms with Crippen LogP contribution in [0.3, 0.4) is 0 Å². The summed E-state index contributed by atoms with van der Waals surface area (Å²) in [6.45, 7) is 1.27. The van der Waals surface area contributed by atoms with Gasteiger partial charge in [-0.15, -0.1) is 0 Å². The van der Waals surface area contributed by atoms with Crippen LogP contribution in [0.15, 0.2) is 12.1 Å². The van der Waals surface area contributed by atoms with Crippen LogP contribution in [0, 0.1) is 0 Å². The summed E-state index contributed by atoms with van der Waals surface area (Å²) in [6.07, 6.45) is 0.926. The van der Waals surface area contributed by atoms with Crippen molar-refractivity contribution >= 4 is 5.69 Å². The molecular formula is C11H16N2O2. The maximum Gasteiger partial charge on any atom is 0.231 e. The molecular weight excluding hydrogens is 192 g/mol. The Morgan fingerprint density at radius 3 is 2.60 bits per heavy atom. The lowest BCUT2D eigenvalue weighted by atomic mass is 10.1. The molecule has 4 heteroatoms. The highest BCUT2D eigenvalue weighted by Gasteiger charge is 2.15. The SMILES string of the molecule is CN(C)CCc1cc2c(cc1N)OCO2. The van der Waals surface area contributed by atoms with E-state index in [0.29, 0.717) is 6.79 Å². The zero-order chi connectivity index (χ0) is 10.8. The molecule has 0 fully saturated rings. The van der Waals surface area contributed by atoms with E-state index in [1.54, 1.807) is 0 Å². The first-order valence-electron chi connectivity index (χ1n) is 4.99. The maximum absolute atomic E-state index is 5.93. The predicted octanol–water partition coefficient (Wildman–Crippen LogP) is 1.10. The molecule has 1 aromatic rings. The van der Waals surface area contributed by atoms with Crippen LogP contribution >= 0.6 is 0 Å². The van der Waals surface area contributed by atoms with E-state index in [2.05, 4.69) is 4.90 Å². The Morgan fingerprint density at radius 1 is 1.27 bits per heavy atom. The molecule has 1 heterocycles. The van der Waals surface area contributed by atoms with Gasteiger partial charge in [-0.1, -0.05) is 0 Å². The van der Waals surface area contributed by atoms with E-state index in [1.165, 1.54) is 0 Å². The molecule has 1 aliphatic rings. The van der Waals surface area contributed by atoms with E-state index in [4.69, 9.17) is 15.2 Å². The first kappa shape index (κ1) is 10.1. The van der Waals surface area contributed by atoms with Gasteiger partial charge in [-0.3, -0.25) is 0 Å². The third-order valence-electron chi connectivity index (χ3n) is 2.46. The summed E-state index contributed by atoms with van der Waals surface area (Å²) in [6, 6.07) is 3.81. The molecule has 4 nitrogen and oxygen atoms in total. The van der Waals surface area contributed by atoms with Gasteiger partial charge in [0.1, 0.15) is 0 Å². The molecule has 15 heavy (non-hydrogen) atoms. The highest BCUT2D eigenvalue weighted by atomic mass is 16.7. The molecule has 0 unspecified atom stereocenters. The summed E-state index contributed by atoms with van der Waals surface area (Å²) in [7, 11) is 4.09. The number of nitrogens with two attached hydrogens (primary N) is 1. The maximum atomic E-state index is 5.93. The first-order valence-corrected chi connectivity index (χ1v) is 4.99. The van der Waals surface area contributed by atoms with Crippen molar-refractivity contribution in [1.29, 1.82) is 0 Å². The minimum absolute atomic E-state index is 0.298. The normalized spacial score (nSPS) is 13.5. The van der Waals surface area contributed by atoms with E-state index in [-0.39, 0.29) is 0 Å². The van der Waals surface area contributed by atoms with Crippen LogP contribution < -0.4 is 15.2 Å². The molecule has 0 radical (unpaired) electrons. The molecule has 0 bridgehead atoms. The van der Waals surface area contributed by atoms with Gasteiger partial charge in [0.15, 0.2) is 11.5 Å². The average Bonchev–Trinajstić information content (AvgIpc) is 2.60. The smallest absolute Gasteiger partial charge is 0.231 e. The second-order valence-electron chi connectivity index (χ2n) is 3.96. The van der Waals surface area contributed by atoms with Gasteiger partial charge in [0.25, 0.3) is 0 Å². The Labute approximate surface area is 89.6 Å². The summed E-state index contributed by atoms with van der Waals surface area (Å²) in [5.41, 5.74) is 7.82. The number of nitrogens with zero attached hydrogens (tertiary/aromatic N) is 1. The summed E-state index contributed by atoms with van der Waals surface area (Å²) < 4.78 is 10.6. The highest BCUT2D eigenvalue weighted by Crippen LogP contribution is 2.35. The van der Waals surface area contributed by atoms with Crippen LogP contribution in [0.1, 0.15) is 5.56 Å². The zero-order valence-corrected chi connectivity index (χ0v) is 9.12. The fourth-order valence-electron chi connectivity index (χ4n) is 1.56. The van der Waals surface area contributed by atoms with Gasteiger partial charge >= 0.3 is 0 Å². The quantitative estimate of drug-likeness (QED) is 0.756. The topological polar surface area (TPSA) is 47.7 Å². The lowest BCUT2D eigenvalue weighted by molar-refractivity contribution is 0.174. The van der Waals surface area contributed by atoms with Crippen molar-refractivity contribution in [3.8, 4) is 11.5 Å². The fraction of sp³-hybridized carbons (Fsp3) is 0.455. The molecule has 0 aliphatic carbocycles. The number of hydrogen-bond acceptors (Lipinski definition) is 4. The summed E-state index contributed by atoms with van der Waals surface area (Å²) >= 11 is 0. The Kier molecular flexibility index (Phi) is 2.68. The van der Waals surface area contributed by atoms with Crippen LogP contribution in [0.5, 0.6) is 11.5 Å². The molecule has 0 amide bonds. The highest BCUT2D eigenvalue weighted by molar-refractivity contribution is 5.58. The molecule has 0 spiro atoms. The standard InChI is InChI=1S/C11H16N2O2/c1-13(2)4-3-8-5-10-11(6-9(8)12)15-7-14-10/h5-6H,3-4,7,12H2,1-2H3. The number of likely N-dealkylation sites (N-methyl/N-ethyl adjacent to an activating group) is 1. The second kappa shape index (κ2) is 3.98. The minimum atomic E-state index is 0.298. The van der Waals surface area contributed by atoms with E-state index in [0.717, 1.165) is 35.7 Å². The number of anilines is 1. The van der Waals surface area contributed by atoms with Crippen molar-refractivity contribution in [1.82, 2.24) is 4.90 Å². The number of fused-ring (bicyclic) bond motifs is 1. The van der Waals surface area contributed by atoms with Gasteiger partial charge in [0, 0.05) is 18.3 Å². The number of benzene rings is 1. The van der Waals surface area contributed by atoms with E-state index < -0.39 is 0 Å². The van der Waals surface area contributed by atoms with E-state index in [1.807, 2.05) is 26.2 Å². The molecule has 0 aromatic heterocycles. The van der Waals surface area contributed by atoms with E-state index >= 15 is 0 Å². The van der Waals surface area contributed by atoms with E-state index in [9.17, 15) is 0 Å². The second-order valence-corrected chi connectivity index (χ2v) is 3.96. The van der Waals surface area contributed by atoms with Gasteiger partial charge in [-0.25, -0.2) is 0 Å². The van der Waals surface area contributed by atoms with Crippen molar-refractivity contribution < 1.29 is 9.47 Å². The molecule has 1 aromatic carbocycles. The third-order valence-corrected chi connectivity index (χ3v) is 2.46. The number of rotatable bonds is 3. The molecule has 0 atom stereocenters. The van der Waals surface area contributed by atoms with Crippen LogP contribution in [0.25, 0.3) is 0 Å². The molecule has 0 saturated heterocycles. The lowest BCUT2D eigenvalue weighted by Gasteiger charge is -2.11. The minimum Gasteiger partial charge on any atom is -0.454 e.